The van der Waals surface area contributed by atoms with Crippen LogP contribution in [0, 0.1) is 0 Å². The van der Waals surface area contributed by atoms with Crippen LogP contribution in [0.1, 0.15) is 12.0 Å². The molecular weight excluding hydrogens is 282 g/mol. The van der Waals surface area contributed by atoms with Gasteiger partial charge >= 0.3 is 0 Å². The van der Waals surface area contributed by atoms with Crippen molar-refractivity contribution in [2.24, 2.45) is 0 Å². The van der Waals surface area contributed by atoms with Crippen molar-refractivity contribution < 1.29 is 9.53 Å². The Bertz CT molecular complexity index is 630. The molecule has 1 unspecified atom stereocenters. The molecule has 1 aliphatic heterocycles. The smallest absolute Gasteiger partial charge is 0.228 e. The minimum atomic E-state index is 0.0969. The van der Waals surface area contributed by atoms with Gasteiger partial charge in [-0.05, 0) is 17.7 Å². The molecule has 21 heavy (non-hydrogen) atoms. The zero-order chi connectivity index (χ0) is 14.7. The van der Waals surface area contributed by atoms with E-state index >= 15 is 0 Å². The number of rotatable bonds is 4. The first kappa shape index (κ1) is 14.0. The molecule has 2 aromatic rings. The number of hydrogen-bond donors (Lipinski definition) is 1. The van der Waals surface area contributed by atoms with Gasteiger partial charge in [0, 0.05) is 18.2 Å². The first-order chi connectivity index (χ1) is 10.2. The van der Waals surface area contributed by atoms with E-state index in [0.717, 1.165) is 17.0 Å². The molecule has 0 aliphatic carbocycles. The fraction of sp³-hybridized carbons (Fsp3) is 0.235. The number of thiol groups is 1. The molecule has 0 bridgehead atoms. The minimum Gasteiger partial charge on any atom is -0.487 e. The molecule has 1 saturated heterocycles. The van der Waals surface area contributed by atoms with E-state index in [9.17, 15) is 4.79 Å². The summed E-state index contributed by atoms with van der Waals surface area (Å²) in [4.78, 5) is 13.8. The van der Waals surface area contributed by atoms with Crippen molar-refractivity contribution in [2.75, 3.05) is 11.4 Å². The molecule has 0 radical (unpaired) electrons. The average Bonchev–Trinajstić information content (AvgIpc) is 2.85. The van der Waals surface area contributed by atoms with Crippen LogP contribution in [0.5, 0.6) is 5.75 Å². The molecule has 1 atom stereocenters. The molecule has 0 saturated carbocycles. The number of benzene rings is 2. The van der Waals surface area contributed by atoms with Gasteiger partial charge in [-0.1, -0.05) is 42.5 Å². The molecular formula is C17H17NO2S. The van der Waals surface area contributed by atoms with Crippen LogP contribution in [0.4, 0.5) is 5.69 Å². The van der Waals surface area contributed by atoms with E-state index in [1.54, 1.807) is 4.90 Å². The van der Waals surface area contributed by atoms with Crippen LogP contribution in [-0.2, 0) is 11.4 Å². The van der Waals surface area contributed by atoms with Gasteiger partial charge in [-0.3, -0.25) is 4.79 Å². The number of carbonyl (C=O) groups excluding carboxylic acids is 1. The van der Waals surface area contributed by atoms with Crippen molar-refractivity contribution in [1.29, 1.82) is 0 Å². The van der Waals surface area contributed by atoms with Crippen molar-refractivity contribution in [2.45, 2.75) is 18.3 Å². The highest BCUT2D eigenvalue weighted by Crippen LogP contribution is 2.32. The number of nitrogens with zero attached hydrogens (tertiary/aromatic N) is 1. The summed E-state index contributed by atoms with van der Waals surface area (Å²) >= 11 is 4.40. The van der Waals surface area contributed by atoms with Crippen molar-refractivity contribution in [1.82, 2.24) is 0 Å². The number of anilines is 1. The summed E-state index contributed by atoms with van der Waals surface area (Å²) in [7, 11) is 0. The van der Waals surface area contributed by atoms with Gasteiger partial charge < -0.3 is 9.64 Å². The largest absolute Gasteiger partial charge is 0.487 e. The van der Waals surface area contributed by atoms with Crippen LogP contribution >= 0.6 is 12.6 Å². The zero-order valence-corrected chi connectivity index (χ0v) is 12.5. The number of carbonyl (C=O) groups is 1. The van der Waals surface area contributed by atoms with Gasteiger partial charge in [0.05, 0.1) is 5.69 Å². The summed E-state index contributed by atoms with van der Waals surface area (Å²) in [5, 5.41) is 0.0969. The Hall–Kier alpha value is -1.94. The third-order valence-corrected chi connectivity index (χ3v) is 3.84. The summed E-state index contributed by atoms with van der Waals surface area (Å²) in [6, 6.07) is 17.7. The van der Waals surface area contributed by atoms with Crippen LogP contribution in [0.3, 0.4) is 0 Å². The van der Waals surface area contributed by atoms with E-state index in [-0.39, 0.29) is 11.2 Å². The van der Waals surface area contributed by atoms with E-state index < -0.39 is 0 Å². The minimum absolute atomic E-state index is 0.0969. The zero-order valence-electron chi connectivity index (χ0n) is 11.6. The molecule has 1 amide bonds. The van der Waals surface area contributed by atoms with Gasteiger partial charge in [-0.25, -0.2) is 0 Å². The molecule has 0 aromatic heterocycles. The second-order valence-electron chi connectivity index (χ2n) is 5.10. The lowest BCUT2D eigenvalue weighted by Crippen LogP contribution is -2.25. The van der Waals surface area contributed by atoms with Crippen LogP contribution in [0.15, 0.2) is 54.6 Å². The summed E-state index contributed by atoms with van der Waals surface area (Å²) in [5.74, 6) is 0.836. The molecule has 3 rings (SSSR count). The fourth-order valence-corrected chi connectivity index (χ4v) is 2.78. The van der Waals surface area contributed by atoms with Gasteiger partial charge in [0.25, 0.3) is 0 Å². The van der Waals surface area contributed by atoms with E-state index in [2.05, 4.69) is 12.6 Å². The van der Waals surface area contributed by atoms with Gasteiger partial charge in [-0.2, -0.15) is 12.6 Å². The first-order valence-electron chi connectivity index (χ1n) is 6.98. The highest BCUT2D eigenvalue weighted by atomic mass is 32.1. The van der Waals surface area contributed by atoms with Crippen molar-refractivity contribution >= 4 is 24.2 Å². The number of para-hydroxylation sites is 2. The number of amides is 1. The van der Waals surface area contributed by atoms with Gasteiger partial charge in [0.2, 0.25) is 5.91 Å². The summed E-state index contributed by atoms with van der Waals surface area (Å²) in [5.41, 5.74) is 1.93. The van der Waals surface area contributed by atoms with E-state index in [1.807, 2.05) is 54.6 Å². The monoisotopic (exact) mass is 299 g/mol. The molecule has 0 N–H and O–H groups in total. The average molecular weight is 299 g/mol. The van der Waals surface area contributed by atoms with Crippen LogP contribution in [-0.4, -0.2) is 17.7 Å². The molecule has 3 nitrogen and oxygen atoms in total. The van der Waals surface area contributed by atoms with Crippen LogP contribution < -0.4 is 9.64 Å². The quantitative estimate of drug-likeness (QED) is 0.878. The molecule has 0 spiro atoms. The molecule has 1 heterocycles. The Morgan fingerprint density at radius 3 is 2.52 bits per heavy atom. The first-order valence-corrected chi connectivity index (χ1v) is 7.50. The second kappa shape index (κ2) is 6.22. The molecule has 108 valence electrons. The highest BCUT2D eigenvalue weighted by Gasteiger charge is 2.29. The highest BCUT2D eigenvalue weighted by molar-refractivity contribution is 7.81. The van der Waals surface area contributed by atoms with E-state index in [0.29, 0.717) is 19.6 Å². The maximum atomic E-state index is 12.0. The lowest BCUT2D eigenvalue weighted by atomic mass is 10.2. The predicted octanol–water partition coefficient (Wildman–Crippen LogP) is 3.30. The predicted molar refractivity (Wildman–Crippen MR) is 87.0 cm³/mol. The standard InChI is InChI=1S/C17H17NO2S/c19-17-10-14(21)11-18(17)15-8-4-5-9-16(15)20-12-13-6-2-1-3-7-13/h1-9,14,21H,10-12H2. The lowest BCUT2D eigenvalue weighted by Gasteiger charge is -2.20. The lowest BCUT2D eigenvalue weighted by molar-refractivity contribution is -0.117. The topological polar surface area (TPSA) is 29.5 Å². The number of ether oxygens (including phenoxy) is 1. The van der Waals surface area contributed by atoms with Crippen molar-refractivity contribution in [3.05, 3.63) is 60.2 Å². The van der Waals surface area contributed by atoms with Gasteiger partial charge in [0.15, 0.2) is 0 Å². The maximum Gasteiger partial charge on any atom is 0.228 e. The van der Waals surface area contributed by atoms with Crippen molar-refractivity contribution in [3.63, 3.8) is 0 Å². The van der Waals surface area contributed by atoms with Gasteiger partial charge in [-0.15, -0.1) is 0 Å². The van der Waals surface area contributed by atoms with Crippen LogP contribution in [0.25, 0.3) is 0 Å². The summed E-state index contributed by atoms with van der Waals surface area (Å²) in [6.07, 6.45) is 0.482. The SMILES string of the molecule is O=C1CC(S)CN1c1ccccc1OCc1ccccc1. The van der Waals surface area contributed by atoms with Gasteiger partial charge in [0.1, 0.15) is 12.4 Å². The second-order valence-corrected chi connectivity index (χ2v) is 5.83. The third-order valence-electron chi connectivity index (χ3n) is 3.50. The molecule has 1 fully saturated rings. The Morgan fingerprint density at radius 2 is 1.81 bits per heavy atom. The van der Waals surface area contributed by atoms with E-state index in [1.165, 1.54) is 0 Å². The molecule has 2 aromatic carbocycles. The Balaban J connectivity index is 1.78. The Kier molecular flexibility index (Phi) is 4.15. The maximum absolute atomic E-state index is 12.0. The fourth-order valence-electron chi connectivity index (χ4n) is 2.46. The summed E-state index contributed by atoms with van der Waals surface area (Å²) in [6.45, 7) is 1.12. The van der Waals surface area contributed by atoms with Crippen molar-refractivity contribution in [3.8, 4) is 5.75 Å². The Labute approximate surface area is 129 Å². The molecule has 1 aliphatic rings. The summed E-state index contributed by atoms with van der Waals surface area (Å²) < 4.78 is 5.90. The third kappa shape index (κ3) is 3.22. The molecule has 4 heteroatoms. The normalized spacial score (nSPS) is 18.0. The van der Waals surface area contributed by atoms with E-state index in [4.69, 9.17) is 4.74 Å². The number of hydrogen-bond acceptors (Lipinski definition) is 3. The Morgan fingerprint density at radius 1 is 1.10 bits per heavy atom. The van der Waals surface area contributed by atoms with Crippen LogP contribution in [0.2, 0.25) is 0 Å².